The highest BCUT2D eigenvalue weighted by molar-refractivity contribution is 8.14. The molecule has 1 aromatic heterocycles. The predicted octanol–water partition coefficient (Wildman–Crippen LogP) is 3.07. The molecule has 1 heterocycles. The minimum atomic E-state index is -3.87. The number of sulfonamides is 1. The van der Waals surface area contributed by atoms with Crippen molar-refractivity contribution in [2.45, 2.75) is 24.7 Å². The van der Waals surface area contributed by atoms with Gasteiger partial charge in [-0.15, -0.1) is 0 Å². The second kappa shape index (κ2) is 11.8. The number of ketones is 1. The number of carbonyl (C=O) groups excluding carboxylic acids is 2. The van der Waals surface area contributed by atoms with Crippen molar-refractivity contribution in [3.05, 3.63) is 48.2 Å². The summed E-state index contributed by atoms with van der Waals surface area (Å²) in [5.74, 6) is 0.331. The van der Waals surface area contributed by atoms with Crippen LogP contribution in [0.5, 0.6) is 5.75 Å². The van der Waals surface area contributed by atoms with Crippen LogP contribution in [0.25, 0.3) is 0 Å². The Labute approximate surface area is 187 Å². The van der Waals surface area contributed by atoms with Gasteiger partial charge in [-0.3, -0.25) is 14.3 Å². The Morgan fingerprint density at radius 3 is 2.58 bits per heavy atom. The van der Waals surface area contributed by atoms with Crippen molar-refractivity contribution in [2.24, 2.45) is 0 Å². The zero-order valence-electron chi connectivity index (χ0n) is 17.8. The lowest BCUT2D eigenvalue weighted by Crippen LogP contribution is -2.15. The molecule has 0 aliphatic heterocycles. The van der Waals surface area contributed by atoms with Gasteiger partial charge in [0.25, 0.3) is 10.0 Å². The van der Waals surface area contributed by atoms with Gasteiger partial charge in [-0.05, 0) is 57.7 Å². The first-order chi connectivity index (χ1) is 14.7. The van der Waals surface area contributed by atoms with Gasteiger partial charge in [-0.2, -0.15) is 0 Å². The summed E-state index contributed by atoms with van der Waals surface area (Å²) in [6.07, 6.45) is 3.14. The van der Waals surface area contributed by atoms with Gasteiger partial charge in [0.1, 0.15) is 11.6 Å². The molecule has 0 aliphatic rings. The number of nitrogens with zero attached hydrogens (tertiary/aromatic N) is 2. The Morgan fingerprint density at radius 1 is 1.16 bits per heavy atom. The maximum Gasteiger partial charge on any atom is 0.263 e. The van der Waals surface area contributed by atoms with Crippen LogP contribution < -0.4 is 9.46 Å². The van der Waals surface area contributed by atoms with Crippen LogP contribution in [0.2, 0.25) is 0 Å². The van der Waals surface area contributed by atoms with Crippen molar-refractivity contribution in [1.29, 1.82) is 0 Å². The Bertz CT molecular complexity index is 992. The number of carbonyl (C=O) groups is 2. The first-order valence-corrected chi connectivity index (χ1v) is 12.2. The van der Waals surface area contributed by atoms with E-state index in [4.69, 9.17) is 4.74 Å². The smallest absolute Gasteiger partial charge is 0.263 e. The fourth-order valence-electron chi connectivity index (χ4n) is 2.52. The molecule has 2 rings (SSSR count). The van der Waals surface area contributed by atoms with Gasteiger partial charge in [0.15, 0.2) is 10.9 Å². The van der Waals surface area contributed by atoms with Gasteiger partial charge in [0, 0.05) is 24.8 Å². The van der Waals surface area contributed by atoms with E-state index in [9.17, 15) is 18.0 Å². The molecule has 0 saturated heterocycles. The van der Waals surface area contributed by atoms with E-state index in [-0.39, 0.29) is 27.4 Å². The molecule has 0 fully saturated rings. The van der Waals surface area contributed by atoms with E-state index in [1.165, 1.54) is 37.4 Å². The molecule has 168 valence electrons. The summed E-state index contributed by atoms with van der Waals surface area (Å²) in [6.45, 7) is 2.86. The van der Waals surface area contributed by atoms with E-state index in [0.29, 0.717) is 17.9 Å². The second-order valence-electron chi connectivity index (χ2n) is 7.07. The average molecular weight is 466 g/mol. The molecule has 0 spiro atoms. The minimum Gasteiger partial charge on any atom is -0.494 e. The van der Waals surface area contributed by atoms with Gasteiger partial charge in [-0.1, -0.05) is 17.8 Å². The molecule has 0 aliphatic carbocycles. The van der Waals surface area contributed by atoms with Gasteiger partial charge in [-0.25, -0.2) is 13.4 Å². The Morgan fingerprint density at radius 2 is 1.94 bits per heavy atom. The van der Waals surface area contributed by atoms with Crippen LogP contribution in [0.4, 0.5) is 5.82 Å². The number of nitrogens with one attached hydrogen (secondary N) is 1. The number of thioether (sulfide) groups is 1. The third-order valence-electron chi connectivity index (χ3n) is 4.12. The minimum absolute atomic E-state index is 0.0179. The number of ether oxygens (including phenoxy) is 1. The molecule has 10 heteroatoms. The molecule has 8 nitrogen and oxygen atoms in total. The number of rotatable bonds is 12. The second-order valence-corrected chi connectivity index (χ2v) is 9.91. The molecule has 2 aromatic rings. The zero-order valence-corrected chi connectivity index (χ0v) is 19.5. The maximum absolute atomic E-state index is 12.7. The predicted molar refractivity (Wildman–Crippen MR) is 122 cm³/mol. The quantitative estimate of drug-likeness (QED) is 0.377. The van der Waals surface area contributed by atoms with Crippen LogP contribution in [0, 0.1) is 0 Å². The summed E-state index contributed by atoms with van der Waals surface area (Å²) >= 11 is 0.915. The number of anilines is 1. The van der Waals surface area contributed by atoms with Crippen LogP contribution in [0.1, 0.15) is 30.1 Å². The number of aromatic nitrogens is 1. The lowest BCUT2D eigenvalue weighted by Gasteiger charge is -2.11. The monoisotopic (exact) mass is 465 g/mol. The van der Waals surface area contributed by atoms with E-state index < -0.39 is 10.0 Å². The summed E-state index contributed by atoms with van der Waals surface area (Å²) < 4.78 is 33.4. The summed E-state index contributed by atoms with van der Waals surface area (Å²) in [5.41, 5.74) is 0.307. The number of benzene rings is 1. The standard InChI is InChI=1S/C21H27N3O5S2/c1-16(25)30-15-20(26)17-9-10-21(22-14-17)23-31(27,28)19-8-6-7-18(13-19)29-12-5-4-11-24(2)3/h6-10,13-14H,4-5,11-12,15H2,1-3H3,(H,22,23). The summed E-state index contributed by atoms with van der Waals surface area (Å²) in [7, 11) is 0.150. The average Bonchev–Trinajstić information content (AvgIpc) is 2.72. The number of Topliss-reactive ketones (excluding diaryl/α,β-unsaturated/α-hetero) is 1. The topological polar surface area (TPSA) is 106 Å². The molecule has 0 bridgehead atoms. The third kappa shape index (κ3) is 8.68. The molecular weight excluding hydrogens is 438 g/mol. The van der Waals surface area contributed by atoms with Crippen LogP contribution in [0.3, 0.4) is 0 Å². The van der Waals surface area contributed by atoms with E-state index >= 15 is 0 Å². The highest BCUT2D eigenvalue weighted by Gasteiger charge is 2.16. The van der Waals surface area contributed by atoms with E-state index in [2.05, 4.69) is 14.6 Å². The Balaban J connectivity index is 1.97. The Kier molecular flexibility index (Phi) is 9.47. The molecule has 0 radical (unpaired) electrons. The molecule has 1 aromatic carbocycles. The number of pyridine rings is 1. The summed E-state index contributed by atoms with van der Waals surface area (Å²) in [5, 5.41) is -0.148. The normalized spacial score (nSPS) is 11.4. The first kappa shape index (κ1) is 24.8. The fraction of sp³-hybridized carbons (Fsp3) is 0.381. The zero-order chi connectivity index (χ0) is 22.9. The molecule has 31 heavy (non-hydrogen) atoms. The van der Waals surface area contributed by atoms with Crippen molar-refractivity contribution < 1.29 is 22.7 Å². The largest absolute Gasteiger partial charge is 0.494 e. The van der Waals surface area contributed by atoms with E-state index in [0.717, 1.165) is 31.1 Å². The maximum atomic E-state index is 12.7. The van der Waals surface area contributed by atoms with Crippen LogP contribution in [-0.4, -0.2) is 62.2 Å². The lowest BCUT2D eigenvalue weighted by molar-refractivity contribution is -0.109. The van der Waals surface area contributed by atoms with Crippen molar-refractivity contribution in [1.82, 2.24) is 9.88 Å². The van der Waals surface area contributed by atoms with Crippen molar-refractivity contribution in [3.63, 3.8) is 0 Å². The third-order valence-corrected chi connectivity index (χ3v) is 6.28. The van der Waals surface area contributed by atoms with Gasteiger partial charge >= 0.3 is 0 Å². The van der Waals surface area contributed by atoms with Crippen LogP contribution in [-0.2, 0) is 14.8 Å². The van der Waals surface area contributed by atoms with E-state index in [1.54, 1.807) is 12.1 Å². The molecule has 0 saturated carbocycles. The van der Waals surface area contributed by atoms with Gasteiger partial charge in [0.05, 0.1) is 17.3 Å². The first-order valence-electron chi connectivity index (χ1n) is 9.70. The van der Waals surface area contributed by atoms with Crippen LogP contribution in [0.15, 0.2) is 47.5 Å². The number of unbranched alkanes of at least 4 members (excludes halogenated alkanes) is 1. The van der Waals surface area contributed by atoms with Crippen molar-refractivity contribution in [2.75, 3.05) is 37.7 Å². The lowest BCUT2D eigenvalue weighted by atomic mass is 10.2. The number of hydrogen-bond donors (Lipinski definition) is 1. The molecular formula is C21H27N3O5S2. The van der Waals surface area contributed by atoms with Crippen molar-refractivity contribution in [3.8, 4) is 5.75 Å². The highest BCUT2D eigenvalue weighted by atomic mass is 32.2. The summed E-state index contributed by atoms with van der Waals surface area (Å²) in [6, 6.07) is 9.15. The van der Waals surface area contributed by atoms with E-state index in [1.807, 2.05) is 14.1 Å². The van der Waals surface area contributed by atoms with Crippen molar-refractivity contribution >= 4 is 38.5 Å². The van der Waals surface area contributed by atoms with Gasteiger partial charge in [0.2, 0.25) is 0 Å². The SMILES string of the molecule is CC(=O)SCC(=O)c1ccc(NS(=O)(=O)c2cccc(OCCCCN(C)C)c2)nc1. The molecule has 0 amide bonds. The number of hydrogen-bond acceptors (Lipinski definition) is 8. The molecule has 0 unspecified atom stereocenters. The highest BCUT2D eigenvalue weighted by Crippen LogP contribution is 2.20. The van der Waals surface area contributed by atoms with Crippen LogP contribution >= 0.6 is 11.8 Å². The molecule has 0 atom stereocenters. The fourth-order valence-corrected chi connectivity index (χ4v) is 4.06. The Hall–Kier alpha value is -2.43. The van der Waals surface area contributed by atoms with Gasteiger partial charge < -0.3 is 9.64 Å². The summed E-state index contributed by atoms with van der Waals surface area (Å²) in [4.78, 5) is 29.1. The molecule has 1 N–H and O–H groups in total.